The highest BCUT2D eigenvalue weighted by molar-refractivity contribution is 5.84. The minimum Gasteiger partial charge on any atom is -0.399 e. The van der Waals surface area contributed by atoms with Gasteiger partial charge in [0.1, 0.15) is 0 Å². The lowest BCUT2D eigenvalue weighted by Gasteiger charge is -2.05. The van der Waals surface area contributed by atoms with E-state index in [1.54, 1.807) is 0 Å². The molecule has 0 bridgehead atoms. The first-order valence-corrected chi connectivity index (χ1v) is 7.00. The molecule has 3 heteroatoms. The summed E-state index contributed by atoms with van der Waals surface area (Å²) in [5, 5.41) is 10.00. The van der Waals surface area contributed by atoms with Gasteiger partial charge in [0, 0.05) is 29.3 Å². The van der Waals surface area contributed by atoms with Gasteiger partial charge in [-0.1, -0.05) is 12.1 Å². The molecule has 0 aliphatic rings. The second-order valence-electron chi connectivity index (χ2n) is 5.32. The van der Waals surface area contributed by atoms with Gasteiger partial charge in [0.25, 0.3) is 0 Å². The fourth-order valence-electron chi connectivity index (χ4n) is 2.68. The first kappa shape index (κ1) is 13.3. The molecular formula is C18H17N3. The maximum absolute atomic E-state index is 8.81. The lowest BCUT2D eigenvalue weighted by Crippen LogP contribution is -1.98. The van der Waals surface area contributed by atoms with Crippen LogP contribution in [0.25, 0.3) is 10.9 Å². The van der Waals surface area contributed by atoms with E-state index in [-0.39, 0.29) is 0 Å². The molecule has 3 aromatic rings. The summed E-state index contributed by atoms with van der Waals surface area (Å²) in [6, 6.07) is 18.2. The van der Waals surface area contributed by atoms with Gasteiger partial charge in [-0.05, 0) is 54.8 Å². The minimum absolute atomic E-state index is 0.707. The first-order valence-electron chi connectivity index (χ1n) is 7.00. The predicted molar refractivity (Wildman–Crippen MR) is 85.9 cm³/mol. The highest BCUT2D eigenvalue weighted by Gasteiger charge is 2.06. The lowest BCUT2D eigenvalue weighted by molar-refractivity contribution is 0.820. The predicted octanol–water partition coefficient (Wildman–Crippen LogP) is 3.42. The second-order valence-corrected chi connectivity index (χ2v) is 5.32. The van der Waals surface area contributed by atoms with Crippen molar-refractivity contribution in [2.75, 3.05) is 5.73 Å². The van der Waals surface area contributed by atoms with E-state index in [2.05, 4.69) is 29.8 Å². The molecule has 2 aromatic carbocycles. The standard InChI is InChI=1S/C18H17N3/c1-21-17(11-15-10-16(20)7-9-18(15)21)8-6-13-2-4-14(12-19)5-3-13/h2-5,7,9-11H,6,8,20H2,1H3. The number of hydrogen-bond donors (Lipinski definition) is 1. The molecule has 2 N–H and O–H groups in total. The summed E-state index contributed by atoms with van der Waals surface area (Å²) in [4.78, 5) is 0. The van der Waals surface area contributed by atoms with Gasteiger partial charge >= 0.3 is 0 Å². The zero-order valence-corrected chi connectivity index (χ0v) is 12.0. The smallest absolute Gasteiger partial charge is 0.0991 e. The Kier molecular flexibility index (Phi) is 3.37. The topological polar surface area (TPSA) is 54.7 Å². The summed E-state index contributed by atoms with van der Waals surface area (Å²) in [7, 11) is 2.09. The lowest BCUT2D eigenvalue weighted by atomic mass is 10.1. The van der Waals surface area contributed by atoms with E-state index in [0.717, 1.165) is 18.5 Å². The summed E-state index contributed by atoms with van der Waals surface area (Å²) in [5.74, 6) is 0. The largest absolute Gasteiger partial charge is 0.399 e. The number of benzene rings is 2. The van der Waals surface area contributed by atoms with Gasteiger partial charge in [0.2, 0.25) is 0 Å². The van der Waals surface area contributed by atoms with Crippen LogP contribution in [0, 0.1) is 11.3 Å². The number of hydrogen-bond acceptors (Lipinski definition) is 2. The molecule has 104 valence electrons. The van der Waals surface area contributed by atoms with E-state index >= 15 is 0 Å². The van der Waals surface area contributed by atoms with Crippen molar-refractivity contribution in [1.29, 1.82) is 5.26 Å². The molecule has 0 fully saturated rings. The number of nitrogens with zero attached hydrogens (tertiary/aromatic N) is 2. The number of nitrogens with two attached hydrogens (primary N) is 1. The first-order chi connectivity index (χ1) is 10.2. The van der Waals surface area contributed by atoms with Crippen LogP contribution in [0.15, 0.2) is 48.5 Å². The Morgan fingerprint density at radius 2 is 1.81 bits per heavy atom. The van der Waals surface area contributed by atoms with Crippen LogP contribution in [-0.4, -0.2) is 4.57 Å². The number of nitriles is 1. The van der Waals surface area contributed by atoms with Crippen LogP contribution < -0.4 is 5.73 Å². The molecule has 0 spiro atoms. The molecule has 1 heterocycles. The van der Waals surface area contributed by atoms with Crippen LogP contribution >= 0.6 is 0 Å². The monoisotopic (exact) mass is 275 g/mol. The van der Waals surface area contributed by atoms with Crippen molar-refractivity contribution in [3.8, 4) is 6.07 Å². The van der Waals surface area contributed by atoms with Crippen molar-refractivity contribution in [2.24, 2.45) is 7.05 Å². The zero-order chi connectivity index (χ0) is 14.8. The number of aromatic nitrogens is 1. The molecule has 0 saturated heterocycles. The normalized spacial score (nSPS) is 10.7. The van der Waals surface area contributed by atoms with E-state index < -0.39 is 0 Å². The third kappa shape index (κ3) is 2.61. The number of rotatable bonds is 3. The van der Waals surface area contributed by atoms with Crippen LogP contribution in [0.1, 0.15) is 16.8 Å². The van der Waals surface area contributed by atoms with Crippen LogP contribution in [0.3, 0.4) is 0 Å². The van der Waals surface area contributed by atoms with Gasteiger partial charge in [0.15, 0.2) is 0 Å². The molecule has 0 unspecified atom stereocenters. The Balaban J connectivity index is 1.81. The van der Waals surface area contributed by atoms with Gasteiger partial charge < -0.3 is 10.3 Å². The Morgan fingerprint density at radius 1 is 1.05 bits per heavy atom. The van der Waals surface area contributed by atoms with E-state index in [1.165, 1.54) is 22.2 Å². The summed E-state index contributed by atoms with van der Waals surface area (Å²) in [6.45, 7) is 0. The van der Waals surface area contributed by atoms with Crippen molar-refractivity contribution in [3.05, 3.63) is 65.4 Å². The fraction of sp³-hybridized carbons (Fsp3) is 0.167. The van der Waals surface area contributed by atoms with Gasteiger partial charge in [-0.25, -0.2) is 0 Å². The summed E-state index contributed by atoms with van der Waals surface area (Å²) in [5.41, 5.74) is 11.1. The van der Waals surface area contributed by atoms with Gasteiger partial charge in [0.05, 0.1) is 11.6 Å². The summed E-state index contributed by atoms with van der Waals surface area (Å²) < 4.78 is 2.22. The Hall–Kier alpha value is -2.73. The van der Waals surface area contributed by atoms with Crippen molar-refractivity contribution >= 4 is 16.6 Å². The SMILES string of the molecule is Cn1c(CCc2ccc(C#N)cc2)cc2cc(N)ccc21. The third-order valence-corrected chi connectivity index (χ3v) is 3.92. The molecule has 0 saturated carbocycles. The van der Waals surface area contributed by atoms with Gasteiger partial charge in [-0.15, -0.1) is 0 Å². The fourth-order valence-corrected chi connectivity index (χ4v) is 2.68. The number of aryl methyl sites for hydroxylation is 3. The van der Waals surface area contributed by atoms with Crippen molar-refractivity contribution in [3.63, 3.8) is 0 Å². The van der Waals surface area contributed by atoms with Crippen molar-refractivity contribution in [2.45, 2.75) is 12.8 Å². The molecular weight excluding hydrogens is 258 g/mol. The van der Waals surface area contributed by atoms with E-state index in [9.17, 15) is 0 Å². The van der Waals surface area contributed by atoms with Crippen molar-refractivity contribution in [1.82, 2.24) is 4.57 Å². The quantitative estimate of drug-likeness (QED) is 0.745. The maximum Gasteiger partial charge on any atom is 0.0991 e. The Morgan fingerprint density at radius 3 is 2.52 bits per heavy atom. The van der Waals surface area contributed by atoms with Crippen LogP contribution in [0.4, 0.5) is 5.69 Å². The Labute approximate surface area is 124 Å². The molecule has 0 atom stereocenters. The second kappa shape index (κ2) is 5.34. The molecule has 3 nitrogen and oxygen atoms in total. The summed E-state index contributed by atoms with van der Waals surface area (Å²) >= 11 is 0. The average Bonchev–Trinajstić information content (AvgIpc) is 2.81. The van der Waals surface area contributed by atoms with E-state index in [0.29, 0.717) is 5.56 Å². The molecule has 0 radical (unpaired) electrons. The van der Waals surface area contributed by atoms with Gasteiger partial charge in [-0.2, -0.15) is 5.26 Å². The van der Waals surface area contributed by atoms with Crippen LogP contribution in [0.2, 0.25) is 0 Å². The van der Waals surface area contributed by atoms with E-state index in [1.807, 2.05) is 36.4 Å². The highest BCUT2D eigenvalue weighted by atomic mass is 14.9. The summed E-state index contributed by atoms with van der Waals surface area (Å²) in [6.07, 6.45) is 1.93. The highest BCUT2D eigenvalue weighted by Crippen LogP contribution is 2.22. The van der Waals surface area contributed by atoms with E-state index in [4.69, 9.17) is 11.0 Å². The molecule has 1 aromatic heterocycles. The number of nitrogen functional groups attached to an aromatic ring is 1. The third-order valence-electron chi connectivity index (χ3n) is 3.92. The number of fused-ring (bicyclic) bond motifs is 1. The zero-order valence-electron chi connectivity index (χ0n) is 12.0. The average molecular weight is 275 g/mol. The minimum atomic E-state index is 0.707. The molecule has 3 rings (SSSR count). The number of anilines is 1. The maximum atomic E-state index is 8.81. The molecule has 21 heavy (non-hydrogen) atoms. The van der Waals surface area contributed by atoms with Crippen LogP contribution in [0.5, 0.6) is 0 Å². The molecule has 0 aliphatic heterocycles. The van der Waals surface area contributed by atoms with Crippen molar-refractivity contribution < 1.29 is 0 Å². The van der Waals surface area contributed by atoms with Gasteiger partial charge in [-0.3, -0.25) is 0 Å². The molecule has 0 amide bonds. The van der Waals surface area contributed by atoms with Crippen LogP contribution in [-0.2, 0) is 19.9 Å². The molecule has 0 aliphatic carbocycles. The Bertz CT molecular complexity index is 820.